The summed E-state index contributed by atoms with van der Waals surface area (Å²) in [6.45, 7) is 2.83. The number of rotatable bonds is 4. The Morgan fingerprint density at radius 3 is 2.47 bits per heavy atom. The van der Waals surface area contributed by atoms with Gasteiger partial charge in [-0.25, -0.2) is 4.79 Å². The first kappa shape index (κ1) is 15.3. The quantitative estimate of drug-likeness (QED) is 0.742. The minimum Gasteiger partial charge on any atom is -0.481 e. The molecule has 1 aliphatic heterocycles. The summed E-state index contributed by atoms with van der Waals surface area (Å²) in [6.07, 6.45) is 0.241. The molecule has 19 heavy (non-hydrogen) atoms. The van der Waals surface area contributed by atoms with Crippen LogP contribution >= 0.6 is 0 Å². The molecule has 0 aromatic rings. The number of carboxylic acids is 1. The maximum Gasteiger partial charge on any atom is 0.319 e. The van der Waals surface area contributed by atoms with Crippen LogP contribution in [0, 0.1) is 11.8 Å². The van der Waals surface area contributed by atoms with Crippen molar-refractivity contribution in [2.45, 2.75) is 13.3 Å². The minimum atomic E-state index is -0.865. The normalized spacial score (nSPS) is 22.2. The smallest absolute Gasteiger partial charge is 0.319 e. The summed E-state index contributed by atoms with van der Waals surface area (Å²) in [6, 6.07) is -0.223. The van der Waals surface area contributed by atoms with E-state index in [1.165, 1.54) is 9.80 Å². The van der Waals surface area contributed by atoms with E-state index in [0.717, 1.165) is 0 Å². The lowest BCUT2D eigenvalue weighted by atomic mass is 9.99. The maximum absolute atomic E-state index is 12.1. The molecule has 0 aliphatic carbocycles. The van der Waals surface area contributed by atoms with E-state index >= 15 is 0 Å². The predicted molar refractivity (Wildman–Crippen MR) is 68.6 cm³/mol. The highest BCUT2D eigenvalue weighted by molar-refractivity contribution is 5.79. The Kier molecular flexibility index (Phi) is 5.14. The lowest BCUT2D eigenvalue weighted by Gasteiger charge is -2.24. The molecule has 7 heteroatoms. The molecule has 1 aliphatic rings. The molecule has 0 aromatic carbocycles. The van der Waals surface area contributed by atoms with Crippen molar-refractivity contribution in [1.82, 2.24) is 15.1 Å². The van der Waals surface area contributed by atoms with Gasteiger partial charge in [-0.3, -0.25) is 9.59 Å². The summed E-state index contributed by atoms with van der Waals surface area (Å²) >= 11 is 0. The van der Waals surface area contributed by atoms with Crippen LogP contribution in [0.2, 0.25) is 0 Å². The Balaban J connectivity index is 2.50. The second-order valence-corrected chi connectivity index (χ2v) is 4.95. The Hall–Kier alpha value is -1.79. The summed E-state index contributed by atoms with van der Waals surface area (Å²) < 4.78 is 0. The van der Waals surface area contributed by atoms with Gasteiger partial charge in [-0.1, -0.05) is 6.92 Å². The Morgan fingerprint density at radius 2 is 2.00 bits per heavy atom. The van der Waals surface area contributed by atoms with E-state index in [2.05, 4.69) is 5.32 Å². The molecule has 0 saturated carbocycles. The van der Waals surface area contributed by atoms with Crippen LogP contribution < -0.4 is 5.32 Å². The van der Waals surface area contributed by atoms with Crippen LogP contribution in [0.5, 0.6) is 0 Å². The lowest BCUT2D eigenvalue weighted by molar-refractivity contribution is -0.142. The third-order valence-corrected chi connectivity index (χ3v) is 3.48. The average molecular weight is 271 g/mol. The molecular weight excluding hydrogens is 250 g/mol. The van der Waals surface area contributed by atoms with Crippen LogP contribution in [-0.4, -0.2) is 66.5 Å². The van der Waals surface area contributed by atoms with Crippen molar-refractivity contribution in [3.05, 3.63) is 0 Å². The van der Waals surface area contributed by atoms with Crippen molar-refractivity contribution in [1.29, 1.82) is 0 Å². The van der Waals surface area contributed by atoms with Crippen LogP contribution in [0.15, 0.2) is 0 Å². The highest BCUT2D eigenvalue weighted by atomic mass is 16.4. The number of carbonyl (C=O) groups is 3. The van der Waals surface area contributed by atoms with Crippen LogP contribution in [0.4, 0.5) is 4.79 Å². The fourth-order valence-corrected chi connectivity index (χ4v) is 2.18. The van der Waals surface area contributed by atoms with E-state index in [9.17, 15) is 14.4 Å². The molecule has 7 nitrogen and oxygen atoms in total. The van der Waals surface area contributed by atoms with Crippen molar-refractivity contribution in [3.8, 4) is 0 Å². The van der Waals surface area contributed by atoms with Crippen molar-refractivity contribution in [2.75, 3.05) is 33.7 Å². The maximum atomic E-state index is 12.1. The topological polar surface area (TPSA) is 90.0 Å². The molecule has 108 valence electrons. The van der Waals surface area contributed by atoms with Crippen molar-refractivity contribution in [2.24, 2.45) is 11.8 Å². The Bertz CT molecular complexity index is 372. The lowest BCUT2D eigenvalue weighted by Crippen LogP contribution is -2.41. The fraction of sp³-hybridized carbons (Fsp3) is 0.750. The molecule has 1 saturated heterocycles. The van der Waals surface area contributed by atoms with Gasteiger partial charge in [0.25, 0.3) is 0 Å². The summed E-state index contributed by atoms with van der Waals surface area (Å²) in [5.74, 6) is -1.54. The number of hydrogen-bond acceptors (Lipinski definition) is 3. The number of nitrogens with zero attached hydrogens (tertiary/aromatic N) is 2. The van der Waals surface area contributed by atoms with Crippen LogP contribution in [-0.2, 0) is 9.59 Å². The van der Waals surface area contributed by atoms with Gasteiger partial charge >= 0.3 is 12.0 Å². The fourth-order valence-electron chi connectivity index (χ4n) is 2.18. The minimum absolute atomic E-state index is 0.0474. The van der Waals surface area contributed by atoms with Crippen LogP contribution in [0.25, 0.3) is 0 Å². The van der Waals surface area contributed by atoms with Gasteiger partial charge in [0, 0.05) is 40.2 Å². The van der Waals surface area contributed by atoms with Gasteiger partial charge in [-0.05, 0) is 5.92 Å². The molecule has 3 amide bonds. The van der Waals surface area contributed by atoms with Gasteiger partial charge in [-0.2, -0.15) is 0 Å². The Labute approximate surface area is 112 Å². The zero-order chi connectivity index (χ0) is 14.6. The predicted octanol–water partition coefficient (Wildman–Crippen LogP) is -0.173. The zero-order valence-electron chi connectivity index (χ0n) is 11.5. The third-order valence-electron chi connectivity index (χ3n) is 3.48. The number of hydrogen-bond donors (Lipinski definition) is 2. The molecule has 0 spiro atoms. The summed E-state index contributed by atoms with van der Waals surface area (Å²) in [7, 11) is 3.16. The first-order valence-corrected chi connectivity index (χ1v) is 6.30. The molecule has 2 atom stereocenters. The molecular formula is C12H21N3O4. The number of urea groups is 1. The van der Waals surface area contributed by atoms with Gasteiger partial charge in [-0.15, -0.1) is 0 Å². The molecule has 2 unspecified atom stereocenters. The van der Waals surface area contributed by atoms with E-state index in [-0.39, 0.29) is 30.8 Å². The largest absolute Gasteiger partial charge is 0.481 e. The van der Waals surface area contributed by atoms with Gasteiger partial charge in [0.15, 0.2) is 0 Å². The van der Waals surface area contributed by atoms with Crippen molar-refractivity contribution in [3.63, 3.8) is 0 Å². The number of aliphatic carboxylic acids is 1. The first-order valence-electron chi connectivity index (χ1n) is 6.30. The van der Waals surface area contributed by atoms with E-state index < -0.39 is 11.9 Å². The van der Waals surface area contributed by atoms with E-state index in [4.69, 9.17) is 5.11 Å². The monoisotopic (exact) mass is 271 g/mol. The van der Waals surface area contributed by atoms with Gasteiger partial charge < -0.3 is 20.2 Å². The first-order chi connectivity index (χ1) is 8.86. The second-order valence-electron chi connectivity index (χ2n) is 4.95. The van der Waals surface area contributed by atoms with E-state index in [1.54, 1.807) is 14.1 Å². The van der Waals surface area contributed by atoms with E-state index in [0.29, 0.717) is 13.1 Å². The van der Waals surface area contributed by atoms with Crippen molar-refractivity contribution >= 4 is 17.9 Å². The highest BCUT2D eigenvalue weighted by Crippen LogP contribution is 2.23. The molecule has 0 bridgehead atoms. The molecule has 1 fully saturated rings. The number of carbonyl (C=O) groups excluding carboxylic acids is 2. The van der Waals surface area contributed by atoms with E-state index in [1.807, 2.05) is 6.92 Å². The number of likely N-dealkylation sites (tertiary alicyclic amines) is 1. The number of amides is 3. The molecule has 2 N–H and O–H groups in total. The SMILES string of the molecule is CNC(=O)CCN(C)C(=O)N1CC(C)C(C(=O)O)C1. The van der Waals surface area contributed by atoms with Crippen LogP contribution in [0.3, 0.4) is 0 Å². The van der Waals surface area contributed by atoms with Gasteiger partial charge in [0.2, 0.25) is 5.91 Å². The second kappa shape index (κ2) is 6.40. The molecule has 1 rings (SSSR count). The van der Waals surface area contributed by atoms with Crippen LogP contribution in [0.1, 0.15) is 13.3 Å². The molecule has 0 radical (unpaired) electrons. The molecule has 1 heterocycles. The summed E-state index contributed by atoms with van der Waals surface area (Å²) in [4.78, 5) is 37.2. The molecule has 0 aromatic heterocycles. The van der Waals surface area contributed by atoms with Gasteiger partial charge in [0.05, 0.1) is 5.92 Å². The third kappa shape index (κ3) is 3.84. The highest BCUT2D eigenvalue weighted by Gasteiger charge is 2.37. The van der Waals surface area contributed by atoms with Crippen molar-refractivity contribution < 1.29 is 19.5 Å². The standard InChI is InChI=1S/C12H21N3O4/c1-8-6-15(7-9(8)11(17)18)12(19)14(3)5-4-10(16)13-2/h8-9H,4-7H2,1-3H3,(H,13,16)(H,17,18). The summed E-state index contributed by atoms with van der Waals surface area (Å²) in [5.41, 5.74) is 0. The summed E-state index contributed by atoms with van der Waals surface area (Å²) in [5, 5.41) is 11.5. The van der Waals surface area contributed by atoms with Gasteiger partial charge in [0.1, 0.15) is 0 Å². The number of carboxylic acid groups (broad SMARTS) is 1. The number of nitrogens with one attached hydrogen (secondary N) is 1. The zero-order valence-corrected chi connectivity index (χ0v) is 11.5. The average Bonchev–Trinajstić information content (AvgIpc) is 2.76. The Morgan fingerprint density at radius 1 is 1.37 bits per heavy atom.